The van der Waals surface area contributed by atoms with Crippen LogP contribution in [0.1, 0.15) is 35.8 Å². The number of piperidine rings is 1. The lowest BCUT2D eigenvalue weighted by Gasteiger charge is -2.45. The van der Waals surface area contributed by atoms with Crippen molar-refractivity contribution in [3.05, 3.63) is 120 Å². The number of nitrogens with zero attached hydrogens (tertiary/aromatic N) is 1. The summed E-state index contributed by atoms with van der Waals surface area (Å²) in [4.78, 5) is 2.43. The number of likely N-dealkylation sites (tertiary alicyclic amines) is 1. The Kier molecular flexibility index (Phi) is 9.68. The van der Waals surface area contributed by atoms with E-state index in [4.69, 9.17) is 14.2 Å². The molecule has 1 fully saturated rings. The molecule has 5 rings (SSSR count). The Bertz CT molecular complexity index is 1390. The smallest absolute Gasteiger partial charge is 0.187 e. The van der Waals surface area contributed by atoms with Crippen LogP contribution in [0.5, 0.6) is 0 Å². The quantitative estimate of drug-likeness (QED) is 0.0969. The molecule has 0 spiro atoms. The van der Waals surface area contributed by atoms with E-state index >= 15 is 0 Å². The zero-order valence-electron chi connectivity index (χ0n) is 24.5. The van der Waals surface area contributed by atoms with Crippen LogP contribution in [0.4, 0.5) is 4.39 Å². The number of rotatable bonds is 12. The summed E-state index contributed by atoms with van der Waals surface area (Å²) >= 11 is 0. The molecule has 2 atom stereocenters. The monoisotopic (exact) mass is 571 g/mol. The Balaban J connectivity index is 1.44. The predicted octanol–water partition coefficient (Wildman–Crippen LogP) is 8.51. The van der Waals surface area contributed by atoms with Gasteiger partial charge in [-0.05, 0) is 65.5 Å². The van der Waals surface area contributed by atoms with Crippen molar-refractivity contribution in [3.8, 4) is 0 Å². The van der Waals surface area contributed by atoms with Crippen molar-refractivity contribution >= 4 is 18.8 Å². The Morgan fingerprint density at radius 3 is 2.37 bits per heavy atom. The zero-order valence-corrected chi connectivity index (χ0v) is 25.5. The van der Waals surface area contributed by atoms with Gasteiger partial charge in [-0.3, -0.25) is 4.90 Å². The fourth-order valence-corrected chi connectivity index (χ4v) is 6.30. The van der Waals surface area contributed by atoms with Gasteiger partial charge in [0.1, 0.15) is 18.2 Å². The molecule has 4 aromatic rings. The lowest BCUT2D eigenvalue weighted by Crippen LogP contribution is -2.48. The van der Waals surface area contributed by atoms with Gasteiger partial charge in [0.05, 0.1) is 0 Å². The van der Waals surface area contributed by atoms with Crippen molar-refractivity contribution in [1.82, 2.24) is 4.90 Å². The minimum absolute atomic E-state index is 0.148. The van der Waals surface area contributed by atoms with Crippen molar-refractivity contribution in [2.24, 2.45) is 0 Å². The number of benzene rings is 4. The highest BCUT2D eigenvalue weighted by atomic mass is 28.3. The van der Waals surface area contributed by atoms with E-state index in [1.54, 1.807) is 0 Å². The second-order valence-electron chi connectivity index (χ2n) is 12.4. The van der Waals surface area contributed by atoms with E-state index in [0.29, 0.717) is 13.2 Å². The van der Waals surface area contributed by atoms with E-state index in [1.807, 2.05) is 30.3 Å². The first-order valence-corrected chi connectivity index (χ1v) is 18.4. The van der Waals surface area contributed by atoms with Gasteiger partial charge in [-0.15, -0.1) is 0 Å². The largest absolute Gasteiger partial charge is 0.356 e. The SMILES string of the molecule is C[Si](C)(C)CCOCOC(OC1(c2ccc(F)cc2)CCCN(Cc2ccccc2)C1)c1ccc2ccccc2c1. The minimum atomic E-state index is -1.21. The maximum Gasteiger partial charge on any atom is 0.187 e. The fourth-order valence-electron chi connectivity index (χ4n) is 5.54. The fraction of sp³-hybridized carbons (Fsp3) is 0.371. The van der Waals surface area contributed by atoms with Crippen molar-refractivity contribution in [2.45, 2.75) is 57.0 Å². The summed E-state index contributed by atoms with van der Waals surface area (Å²) in [6, 6.07) is 33.0. The predicted molar refractivity (Wildman–Crippen MR) is 167 cm³/mol. The van der Waals surface area contributed by atoms with Gasteiger partial charge in [-0.1, -0.05) is 98.5 Å². The lowest BCUT2D eigenvalue weighted by atomic mass is 9.85. The summed E-state index contributed by atoms with van der Waals surface area (Å²) in [5.74, 6) is -0.251. The standard InChI is InChI=1S/C35H42FNO3Si/c1-41(2,3)23-22-38-27-39-34(31-15-14-29-12-7-8-13-30(29)24-31)40-35(32-16-18-33(36)19-17-32)20-9-21-37(26-35)25-28-10-5-4-6-11-28/h4-8,10-19,24,34H,9,20-23,25-27H2,1-3H3. The third kappa shape index (κ3) is 8.12. The van der Waals surface area contributed by atoms with Gasteiger partial charge >= 0.3 is 0 Å². The molecule has 41 heavy (non-hydrogen) atoms. The lowest BCUT2D eigenvalue weighted by molar-refractivity contribution is -0.261. The molecule has 0 bridgehead atoms. The third-order valence-electron chi connectivity index (χ3n) is 7.83. The highest BCUT2D eigenvalue weighted by molar-refractivity contribution is 6.76. The highest BCUT2D eigenvalue weighted by Crippen LogP contribution is 2.41. The topological polar surface area (TPSA) is 30.9 Å². The third-order valence-corrected chi connectivity index (χ3v) is 9.53. The average molecular weight is 572 g/mol. The van der Waals surface area contributed by atoms with Crippen molar-refractivity contribution in [1.29, 1.82) is 0 Å². The number of hydrogen-bond donors (Lipinski definition) is 0. The number of halogens is 1. The molecule has 4 nitrogen and oxygen atoms in total. The van der Waals surface area contributed by atoms with Crippen LogP contribution in [0.15, 0.2) is 97.1 Å². The maximum absolute atomic E-state index is 14.1. The van der Waals surface area contributed by atoms with E-state index in [1.165, 1.54) is 23.1 Å². The number of hydrogen-bond acceptors (Lipinski definition) is 4. The molecule has 1 aliphatic heterocycles. The van der Waals surface area contributed by atoms with Gasteiger partial charge in [0, 0.05) is 33.3 Å². The first-order valence-electron chi connectivity index (χ1n) is 14.7. The van der Waals surface area contributed by atoms with Crippen LogP contribution in [-0.4, -0.2) is 39.5 Å². The van der Waals surface area contributed by atoms with E-state index < -0.39 is 20.0 Å². The van der Waals surface area contributed by atoms with Gasteiger partial charge in [0.25, 0.3) is 0 Å². The van der Waals surface area contributed by atoms with E-state index in [2.05, 4.69) is 79.1 Å². The molecule has 216 valence electrons. The second-order valence-corrected chi connectivity index (χ2v) is 18.0. The number of fused-ring (bicyclic) bond motifs is 1. The van der Waals surface area contributed by atoms with Gasteiger partial charge < -0.3 is 14.2 Å². The average Bonchev–Trinajstić information content (AvgIpc) is 2.96. The van der Waals surface area contributed by atoms with Crippen molar-refractivity contribution in [2.75, 3.05) is 26.5 Å². The van der Waals surface area contributed by atoms with Gasteiger partial charge in [-0.25, -0.2) is 4.39 Å². The van der Waals surface area contributed by atoms with Crippen molar-refractivity contribution in [3.63, 3.8) is 0 Å². The molecule has 6 heteroatoms. The van der Waals surface area contributed by atoms with Crippen LogP contribution < -0.4 is 0 Å². The first kappa shape index (κ1) is 29.6. The molecule has 0 radical (unpaired) electrons. The summed E-state index contributed by atoms with van der Waals surface area (Å²) in [6.45, 7) is 10.3. The number of ether oxygens (including phenoxy) is 3. The summed E-state index contributed by atoms with van der Waals surface area (Å²) in [6.07, 6.45) is 1.13. The Labute approximate surface area is 245 Å². The molecule has 1 heterocycles. The van der Waals surface area contributed by atoms with Crippen LogP contribution >= 0.6 is 0 Å². The van der Waals surface area contributed by atoms with E-state index in [9.17, 15) is 4.39 Å². The summed E-state index contributed by atoms with van der Waals surface area (Å²) in [5.41, 5.74) is 2.50. The van der Waals surface area contributed by atoms with E-state index in [0.717, 1.165) is 48.5 Å². The molecule has 0 aromatic heterocycles. The molecular formula is C35H42FNO3Si. The minimum Gasteiger partial charge on any atom is -0.356 e. The van der Waals surface area contributed by atoms with Crippen LogP contribution in [0.25, 0.3) is 10.8 Å². The molecule has 2 unspecified atom stereocenters. The molecule has 0 saturated carbocycles. The Hall–Kier alpha value is -2.87. The summed E-state index contributed by atoms with van der Waals surface area (Å²) < 4.78 is 33.5. The second kappa shape index (κ2) is 13.4. The van der Waals surface area contributed by atoms with Gasteiger partial charge in [0.15, 0.2) is 6.29 Å². The van der Waals surface area contributed by atoms with E-state index in [-0.39, 0.29) is 12.6 Å². The van der Waals surface area contributed by atoms with Crippen LogP contribution in [0.3, 0.4) is 0 Å². The zero-order chi connectivity index (χ0) is 28.7. The first-order chi connectivity index (χ1) is 19.8. The Morgan fingerprint density at radius 1 is 0.878 bits per heavy atom. The van der Waals surface area contributed by atoms with Crippen LogP contribution in [0, 0.1) is 5.82 Å². The maximum atomic E-state index is 14.1. The van der Waals surface area contributed by atoms with Crippen molar-refractivity contribution < 1.29 is 18.6 Å². The van der Waals surface area contributed by atoms with Crippen LogP contribution in [-0.2, 0) is 26.4 Å². The summed E-state index contributed by atoms with van der Waals surface area (Å²) in [5, 5.41) is 2.30. The highest BCUT2D eigenvalue weighted by Gasteiger charge is 2.41. The molecule has 0 aliphatic carbocycles. The summed E-state index contributed by atoms with van der Waals surface area (Å²) in [7, 11) is -1.21. The molecule has 1 saturated heterocycles. The molecule has 0 amide bonds. The molecular weight excluding hydrogens is 529 g/mol. The van der Waals surface area contributed by atoms with Gasteiger partial charge in [0.2, 0.25) is 0 Å². The van der Waals surface area contributed by atoms with Gasteiger partial charge in [-0.2, -0.15) is 0 Å². The molecule has 0 N–H and O–H groups in total. The molecule has 4 aromatic carbocycles. The van der Waals surface area contributed by atoms with Crippen LogP contribution in [0.2, 0.25) is 25.7 Å². The Morgan fingerprint density at radius 2 is 1.61 bits per heavy atom. The normalized spacial score (nSPS) is 18.9. The molecule has 1 aliphatic rings.